The predicted octanol–water partition coefficient (Wildman–Crippen LogP) is 2.27. The summed E-state index contributed by atoms with van der Waals surface area (Å²) in [6.07, 6.45) is 0. The van der Waals surface area contributed by atoms with E-state index >= 15 is 0 Å². The Balaban J connectivity index is 1.79. The smallest absolute Gasteiger partial charge is 0.322 e. The van der Waals surface area contributed by atoms with Crippen LogP contribution in [0.5, 0.6) is 0 Å². The molecule has 2 aromatic rings. The summed E-state index contributed by atoms with van der Waals surface area (Å²) in [6, 6.07) is 16.1. The molecular formula is C19H18N4O2. The Hall–Kier alpha value is -3.28. The Morgan fingerprint density at radius 2 is 1.72 bits per heavy atom. The summed E-state index contributed by atoms with van der Waals surface area (Å²) in [5.41, 5.74) is 9.44. The van der Waals surface area contributed by atoms with Crippen molar-refractivity contribution in [2.75, 3.05) is 24.2 Å². The number of amides is 3. The number of urea groups is 1. The summed E-state index contributed by atoms with van der Waals surface area (Å²) >= 11 is 0. The molecule has 0 saturated carbocycles. The molecule has 0 spiro atoms. The van der Waals surface area contributed by atoms with Gasteiger partial charge in [-0.25, -0.2) is 4.79 Å². The lowest BCUT2D eigenvalue weighted by molar-refractivity contribution is -0.114. The van der Waals surface area contributed by atoms with E-state index in [0.717, 1.165) is 5.56 Å². The molecule has 0 aliphatic carbocycles. The zero-order valence-corrected chi connectivity index (χ0v) is 13.8. The fourth-order valence-electron chi connectivity index (χ4n) is 3.39. The minimum Gasteiger partial charge on any atom is -0.397 e. The molecule has 25 heavy (non-hydrogen) atoms. The summed E-state index contributed by atoms with van der Waals surface area (Å²) in [6.45, 7) is 0.329. The number of para-hydroxylation sites is 2. The highest BCUT2D eigenvalue weighted by atomic mass is 16.2. The van der Waals surface area contributed by atoms with E-state index in [-0.39, 0.29) is 11.9 Å². The van der Waals surface area contributed by atoms with Gasteiger partial charge in [0.1, 0.15) is 0 Å². The first kappa shape index (κ1) is 15.3. The SMILES string of the molecule is CN1C(=O)N[C@@H](c2ccccc2)C2=C1CN(c1ccccc1N)C2=O. The number of benzene rings is 2. The molecule has 0 saturated heterocycles. The van der Waals surface area contributed by atoms with Crippen molar-refractivity contribution in [1.82, 2.24) is 10.2 Å². The highest BCUT2D eigenvalue weighted by Gasteiger charge is 2.43. The third-order valence-corrected chi connectivity index (χ3v) is 4.72. The molecule has 6 nitrogen and oxygen atoms in total. The Labute approximate surface area is 145 Å². The molecule has 3 N–H and O–H groups in total. The van der Waals surface area contributed by atoms with Gasteiger partial charge in [0.05, 0.1) is 35.2 Å². The predicted molar refractivity (Wildman–Crippen MR) is 95.7 cm³/mol. The molecule has 2 aliphatic rings. The van der Waals surface area contributed by atoms with Crippen molar-refractivity contribution >= 4 is 23.3 Å². The van der Waals surface area contributed by atoms with E-state index in [2.05, 4.69) is 5.32 Å². The quantitative estimate of drug-likeness (QED) is 0.827. The first-order chi connectivity index (χ1) is 12.1. The molecule has 2 aliphatic heterocycles. The maximum atomic E-state index is 13.2. The van der Waals surface area contributed by atoms with Gasteiger partial charge < -0.3 is 16.0 Å². The van der Waals surface area contributed by atoms with Crippen LogP contribution in [-0.4, -0.2) is 30.4 Å². The number of nitrogens with one attached hydrogen (secondary N) is 1. The van der Waals surface area contributed by atoms with E-state index in [1.54, 1.807) is 18.0 Å². The molecule has 0 radical (unpaired) electrons. The van der Waals surface area contributed by atoms with E-state index in [9.17, 15) is 9.59 Å². The third-order valence-electron chi connectivity index (χ3n) is 4.72. The van der Waals surface area contributed by atoms with Gasteiger partial charge in [-0.3, -0.25) is 9.69 Å². The fraction of sp³-hybridized carbons (Fsp3) is 0.158. The van der Waals surface area contributed by atoms with Gasteiger partial charge in [-0.1, -0.05) is 42.5 Å². The highest BCUT2D eigenvalue weighted by Crippen LogP contribution is 2.38. The number of nitrogen functional groups attached to an aromatic ring is 1. The molecule has 1 atom stereocenters. The zero-order chi connectivity index (χ0) is 17.6. The van der Waals surface area contributed by atoms with Crippen molar-refractivity contribution < 1.29 is 9.59 Å². The fourth-order valence-corrected chi connectivity index (χ4v) is 3.39. The second-order valence-electron chi connectivity index (χ2n) is 6.16. The summed E-state index contributed by atoms with van der Waals surface area (Å²) < 4.78 is 0. The van der Waals surface area contributed by atoms with Gasteiger partial charge in [-0.15, -0.1) is 0 Å². The lowest BCUT2D eigenvalue weighted by Crippen LogP contribution is -2.45. The Morgan fingerprint density at radius 3 is 2.44 bits per heavy atom. The van der Waals surface area contributed by atoms with E-state index in [1.165, 1.54) is 4.90 Å². The number of nitrogens with two attached hydrogens (primary N) is 1. The minimum atomic E-state index is -0.456. The monoisotopic (exact) mass is 334 g/mol. The number of hydrogen-bond acceptors (Lipinski definition) is 3. The van der Waals surface area contributed by atoms with Crippen LogP contribution in [0, 0.1) is 0 Å². The molecule has 3 amide bonds. The standard InChI is InChI=1S/C19H18N4O2/c1-22-15-11-23(14-10-6-5-9-13(14)20)18(24)16(15)17(21-19(22)25)12-7-3-2-4-8-12/h2-10,17H,11,20H2,1H3,(H,21,25)/t17-/m0/s1. The molecule has 0 aromatic heterocycles. The third kappa shape index (κ3) is 2.34. The van der Waals surface area contributed by atoms with E-state index in [4.69, 9.17) is 5.73 Å². The van der Waals surface area contributed by atoms with Crippen LogP contribution in [0.2, 0.25) is 0 Å². The number of carbonyl (C=O) groups is 2. The average Bonchev–Trinajstić information content (AvgIpc) is 2.97. The van der Waals surface area contributed by atoms with Crippen LogP contribution in [-0.2, 0) is 4.79 Å². The number of nitrogens with zero attached hydrogens (tertiary/aromatic N) is 2. The molecule has 0 bridgehead atoms. The molecule has 2 aromatic carbocycles. The van der Waals surface area contributed by atoms with E-state index in [0.29, 0.717) is 29.2 Å². The van der Waals surface area contributed by atoms with Gasteiger partial charge in [0.2, 0.25) is 0 Å². The van der Waals surface area contributed by atoms with Crippen molar-refractivity contribution in [2.24, 2.45) is 0 Å². The Morgan fingerprint density at radius 1 is 1.04 bits per heavy atom. The Bertz CT molecular complexity index is 891. The van der Waals surface area contributed by atoms with Gasteiger partial charge in [0.15, 0.2) is 0 Å². The van der Waals surface area contributed by atoms with Gasteiger partial charge in [-0.05, 0) is 17.7 Å². The van der Waals surface area contributed by atoms with Crippen molar-refractivity contribution in [2.45, 2.75) is 6.04 Å². The zero-order valence-electron chi connectivity index (χ0n) is 13.8. The summed E-state index contributed by atoms with van der Waals surface area (Å²) in [5.74, 6) is -0.131. The van der Waals surface area contributed by atoms with Crippen molar-refractivity contribution in [3.05, 3.63) is 71.4 Å². The van der Waals surface area contributed by atoms with Crippen molar-refractivity contribution in [3.8, 4) is 0 Å². The van der Waals surface area contributed by atoms with Crippen LogP contribution in [0.4, 0.5) is 16.2 Å². The molecular weight excluding hydrogens is 316 g/mol. The van der Waals surface area contributed by atoms with Crippen LogP contribution in [0.1, 0.15) is 11.6 Å². The van der Waals surface area contributed by atoms with Crippen LogP contribution in [0.15, 0.2) is 65.9 Å². The van der Waals surface area contributed by atoms with Crippen molar-refractivity contribution in [1.29, 1.82) is 0 Å². The minimum absolute atomic E-state index is 0.131. The number of likely N-dealkylation sites (N-methyl/N-ethyl adjacent to an activating group) is 1. The number of anilines is 2. The van der Waals surface area contributed by atoms with Crippen LogP contribution in [0.25, 0.3) is 0 Å². The number of carbonyl (C=O) groups excluding carboxylic acids is 2. The second-order valence-corrected chi connectivity index (χ2v) is 6.16. The second kappa shape index (κ2) is 5.66. The summed E-state index contributed by atoms with van der Waals surface area (Å²) in [4.78, 5) is 28.7. The summed E-state index contributed by atoms with van der Waals surface area (Å²) in [7, 11) is 1.68. The largest absolute Gasteiger partial charge is 0.397 e. The topological polar surface area (TPSA) is 78.7 Å². The van der Waals surface area contributed by atoms with E-state index < -0.39 is 6.04 Å². The first-order valence-electron chi connectivity index (χ1n) is 8.06. The molecule has 2 heterocycles. The first-order valence-corrected chi connectivity index (χ1v) is 8.06. The normalized spacial score (nSPS) is 20.0. The van der Waals surface area contributed by atoms with Crippen LogP contribution >= 0.6 is 0 Å². The molecule has 0 unspecified atom stereocenters. The maximum Gasteiger partial charge on any atom is 0.322 e. The lowest BCUT2D eigenvalue weighted by atomic mass is 9.96. The van der Waals surface area contributed by atoms with Crippen LogP contribution in [0.3, 0.4) is 0 Å². The summed E-state index contributed by atoms with van der Waals surface area (Å²) in [5, 5.41) is 2.92. The molecule has 126 valence electrons. The van der Waals surface area contributed by atoms with Gasteiger partial charge >= 0.3 is 6.03 Å². The number of rotatable bonds is 2. The highest BCUT2D eigenvalue weighted by molar-refractivity contribution is 6.12. The van der Waals surface area contributed by atoms with E-state index in [1.807, 2.05) is 48.5 Å². The molecule has 0 fully saturated rings. The number of hydrogen-bond donors (Lipinski definition) is 2. The lowest BCUT2D eigenvalue weighted by Gasteiger charge is -2.31. The molecule has 4 rings (SSSR count). The van der Waals surface area contributed by atoms with Gasteiger partial charge in [0, 0.05) is 7.05 Å². The Kier molecular flexibility index (Phi) is 3.46. The van der Waals surface area contributed by atoms with Gasteiger partial charge in [0.25, 0.3) is 5.91 Å². The van der Waals surface area contributed by atoms with Gasteiger partial charge in [-0.2, -0.15) is 0 Å². The van der Waals surface area contributed by atoms with Crippen molar-refractivity contribution in [3.63, 3.8) is 0 Å². The van der Waals surface area contributed by atoms with Crippen LogP contribution < -0.4 is 16.0 Å². The maximum absolute atomic E-state index is 13.2. The average molecular weight is 334 g/mol. The molecule has 6 heteroatoms.